The second-order valence-electron chi connectivity index (χ2n) is 6.72. The number of nitrogens with zero attached hydrogens (tertiary/aromatic N) is 2. The molecule has 0 N–H and O–H groups in total. The standard InChI is InChI=1S/C16H27AsN2Si/c1-11(2)20(12(3)4,13(5)6)19-8-7-14-9-15(17)10-18-16(14)19/h7-13H,17H2,1-6H3. The molecular weight excluding hydrogens is 323 g/mol. The maximum absolute atomic E-state index is 4.77. The van der Waals surface area contributed by atoms with Crippen molar-refractivity contribution in [1.82, 2.24) is 9.22 Å². The number of hydrogen-bond donors (Lipinski definition) is 0. The Bertz CT molecular complexity index is 580. The summed E-state index contributed by atoms with van der Waals surface area (Å²) in [4.78, 5) is 4.77. The van der Waals surface area contributed by atoms with Crippen molar-refractivity contribution < 1.29 is 0 Å². The maximum atomic E-state index is 4.77. The summed E-state index contributed by atoms with van der Waals surface area (Å²) in [5.74, 6) is 0. The van der Waals surface area contributed by atoms with Crippen LogP contribution in [0.2, 0.25) is 16.6 Å². The minimum atomic E-state index is -1.67. The first-order valence-electron chi connectivity index (χ1n) is 7.54. The molecule has 0 amide bonds. The van der Waals surface area contributed by atoms with Crippen LogP contribution in [0.4, 0.5) is 0 Å². The van der Waals surface area contributed by atoms with E-state index in [0.29, 0.717) is 16.6 Å². The summed E-state index contributed by atoms with van der Waals surface area (Å²) in [5.41, 5.74) is 3.29. The summed E-state index contributed by atoms with van der Waals surface area (Å²) < 4.78 is 3.88. The second-order valence-corrected chi connectivity index (χ2v) is 13.8. The number of hydrogen-bond acceptors (Lipinski definition) is 1. The van der Waals surface area contributed by atoms with E-state index in [1.165, 1.54) is 15.4 Å². The van der Waals surface area contributed by atoms with Gasteiger partial charge >= 0.3 is 132 Å². The Hall–Kier alpha value is -0.535. The Morgan fingerprint density at radius 3 is 2.10 bits per heavy atom. The van der Waals surface area contributed by atoms with E-state index in [0.717, 1.165) is 0 Å². The molecule has 0 aliphatic rings. The molecule has 2 nitrogen and oxygen atoms in total. The van der Waals surface area contributed by atoms with E-state index < -0.39 is 8.24 Å². The second kappa shape index (κ2) is 5.69. The summed E-state index contributed by atoms with van der Waals surface area (Å²) in [7, 11) is -1.67. The van der Waals surface area contributed by atoms with E-state index in [2.05, 4.69) is 64.1 Å². The van der Waals surface area contributed by atoms with Crippen molar-refractivity contribution >= 4 is 40.5 Å². The molecule has 0 saturated heterocycles. The van der Waals surface area contributed by atoms with Gasteiger partial charge in [-0.2, -0.15) is 0 Å². The molecule has 0 spiro atoms. The molecule has 0 aliphatic heterocycles. The van der Waals surface area contributed by atoms with Gasteiger partial charge in [-0.3, -0.25) is 0 Å². The molecular formula is C16H27AsN2Si. The summed E-state index contributed by atoms with van der Waals surface area (Å²) in [6, 6.07) is 4.53. The third kappa shape index (κ3) is 2.29. The number of aromatic nitrogens is 2. The van der Waals surface area contributed by atoms with Crippen molar-refractivity contribution in [1.29, 1.82) is 0 Å². The molecule has 1 atom stereocenters. The number of rotatable bonds is 4. The van der Waals surface area contributed by atoms with Gasteiger partial charge in [0.15, 0.2) is 0 Å². The van der Waals surface area contributed by atoms with E-state index in [4.69, 9.17) is 4.98 Å². The van der Waals surface area contributed by atoms with Gasteiger partial charge in [-0.05, 0) is 0 Å². The van der Waals surface area contributed by atoms with Gasteiger partial charge in [-0.1, -0.05) is 0 Å². The van der Waals surface area contributed by atoms with Crippen LogP contribution in [0.3, 0.4) is 0 Å². The topological polar surface area (TPSA) is 17.8 Å². The zero-order chi connectivity index (χ0) is 15.1. The summed E-state index contributed by atoms with van der Waals surface area (Å²) in [5, 5.41) is 1.30. The van der Waals surface area contributed by atoms with Gasteiger partial charge in [-0.15, -0.1) is 0 Å². The summed E-state index contributed by atoms with van der Waals surface area (Å²) in [6.07, 6.45) is 4.33. The fraction of sp³-hybridized carbons (Fsp3) is 0.562. The minimum absolute atomic E-state index is 0.699. The SMILES string of the molecule is CC(C)[Si](C(C)C)(C(C)C)n1ccc2cc([AsH2])cnc21. The summed E-state index contributed by atoms with van der Waals surface area (Å²) >= 11 is 1.64. The Morgan fingerprint density at radius 1 is 1.05 bits per heavy atom. The van der Waals surface area contributed by atoms with E-state index in [1.54, 1.807) is 16.9 Å². The molecule has 2 rings (SSSR count). The number of pyridine rings is 1. The van der Waals surface area contributed by atoms with Crippen LogP contribution >= 0.6 is 0 Å². The molecule has 0 radical (unpaired) electrons. The normalized spacial score (nSPS) is 13.1. The monoisotopic (exact) mass is 350 g/mol. The zero-order valence-corrected chi connectivity index (χ0v) is 16.9. The third-order valence-electron chi connectivity index (χ3n) is 4.74. The molecule has 0 aromatic carbocycles. The van der Waals surface area contributed by atoms with Crippen molar-refractivity contribution in [2.75, 3.05) is 0 Å². The Labute approximate surface area is 132 Å². The van der Waals surface area contributed by atoms with E-state index in [-0.39, 0.29) is 0 Å². The third-order valence-corrected chi connectivity index (χ3v) is 12.1. The van der Waals surface area contributed by atoms with Crippen LogP contribution in [0.25, 0.3) is 11.0 Å². The molecule has 1 unspecified atom stereocenters. The van der Waals surface area contributed by atoms with Gasteiger partial charge in [0.2, 0.25) is 0 Å². The molecule has 110 valence electrons. The average Bonchev–Trinajstić information content (AvgIpc) is 2.72. The average molecular weight is 350 g/mol. The molecule has 0 bridgehead atoms. The fourth-order valence-electron chi connectivity index (χ4n) is 4.19. The van der Waals surface area contributed by atoms with Crippen LogP contribution in [0.5, 0.6) is 0 Å². The van der Waals surface area contributed by atoms with Crippen molar-refractivity contribution in [2.24, 2.45) is 0 Å². The first-order chi connectivity index (χ1) is 9.31. The Kier molecular flexibility index (Phi) is 4.51. The van der Waals surface area contributed by atoms with Crippen molar-refractivity contribution in [3.05, 3.63) is 24.5 Å². The Morgan fingerprint density at radius 2 is 1.60 bits per heavy atom. The fourth-order valence-corrected chi connectivity index (χ4v) is 11.3. The van der Waals surface area contributed by atoms with Gasteiger partial charge < -0.3 is 0 Å². The van der Waals surface area contributed by atoms with Crippen LogP contribution in [0, 0.1) is 0 Å². The van der Waals surface area contributed by atoms with Gasteiger partial charge in [0.05, 0.1) is 0 Å². The van der Waals surface area contributed by atoms with Crippen LogP contribution < -0.4 is 4.35 Å². The predicted molar refractivity (Wildman–Crippen MR) is 94.4 cm³/mol. The van der Waals surface area contributed by atoms with Crippen LogP contribution in [0.1, 0.15) is 41.5 Å². The van der Waals surface area contributed by atoms with Crippen LogP contribution in [0.15, 0.2) is 24.5 Å². The first kappa shape index (κ1) is 15.8. The number of fused-ring (bicyclic) bond motifs is 1. The van der Waals surface area contributed by atoms with Crippen molar-refractivity contribution in [2.45, 2.75) is 58.2 Å². The zero-order valence-electron chi connectivity index (χ0n) is 13.5. The first-order valence-corrected chi connectivity index (χ1v) is 10.9. The summed E-state index contributed by atoms with van der Waals surface area (Å²) in [6.45, 7) is 14.4. The predicted octanol–water partition coefficient (Wildman–Crippen LogP) is 3.32. The molecule has 0 saturated carbocycles. The van der Waals surface area contributed by atoms with E-state index >= 15 is 0 Å². The Balaban J connectivity index is 2.75. The molecule has 2 aromatic rings. The molecule has 0 aliphatic carbocycles. The van der Waals surface area contributed by atoms with Crippen molar-refractivity contribution in [3.63, 3.8) is 0 Å². The van der Waals surface area contributed by atoms with Gasteiger partial charge in [-0.25, -0.2) is 0 Å². The molecule has 20 heavy (non-hydrogen) atoms. The van der Waals surface area contributed by atoms with Gasteiger partial charge in [0.1, 0.15) is 0 Å². The van der Waals surface area contributed by atoms with Crippen molar-refractivity contribution in [3.8, 4) is 0 Å². The van der Waals surface area contributed by atoms with Crippen LogP contribution in [-0.2, 0) is 0 Å². The molecule has 2 aromatic heterocycles. The van der Waals surface area contributed by atoms with E-state index in [1.807, 2.05) is 6.20 Å². The van der Waals surface area contributed by atoms with Crippen LogP contribution in [-0.4, -0.2) is 34.3 Å². The quantitative estimate of drug-likeness (QED) is 0.774. The van der Waals surface area contributed by atoms with E-state index in [9.17, 15) is 0 Å². The molecule has 0 fully saturated rings. The van der Waals surface area contributed by atoms with Gasteiger partial charge in [0.25, 0.3) is 0 Å². The van der Waals surface area contributed by atoms with Gasteiger partial charge in [0, 0.05) is 0 Å². The molecule has 4 heteroatoms. The molecule has 2 heterocycles.